The first-order valence-electron chi connectivity index (χ1n) is 8.75. The van der Waals surface area contributed by atoms with Gasteiger partial charge in [0.25, 0.3) is 0 Å². The molecular formula is C18H27F3N4. The van der Waals surface area contributed by atoms with Gasteiger partial charge in [0.1, 0.15) is 0 Å². The number of hydrogen-bond donors (Lipinski definition) is 2. The lowest BCUT2D eigenvalue weighted by Crippen LogP contribution is -2.40. The number of rotatable bonds is 6. The molecule has 1 saturated heterocycles. The lowest BCUT2D eigenvalue weighted by molar-refractivity contribution is -0.137. The summed E-state index contributed by atoms with van der Waals surface area (Å²) in [7, 11) is 1.69. The molecule has 4 nitrogen and oxygen atoms in total. The quantitative estimate of drug-likeness (QED) is 0.608. The van der Waals surface area contributed by atoms with Gasteiger partial charge in [-0.3, -0.25) is 4.99 Å². The number of alkyl halides is 3. The third kappa shape index (κ3) is 6.23. The number of guanidine groups is 1. The van der Waals surface area contributed by atoms with E-state index in [0.717, 1.165) is 43.9 Å². The first-order valence-corrected chi connectivity index (χ1v) is 8.75. The highest BCUT2D eigenvalue weighted by atomic mass is 19.4. The van der Waals surface area contributed by atoms with Crippen LogP contribution in [0.25, 0.3) is 0 Å². The molecule has 1 atom stereocenters. The van der Waals surface area contributed by atoms with Crippen molar-refractivity contribution in [1.29, 1.82) is 0 Å². The van der Waals surface area contributed by atoms with Gasteiger partial charge >= 0.3 is 6.18 Å². The summed E-state index contributed by atoms with van der Waals surface area (Å²) in [5.41, 5.74) is 0.155. The maximum absolute atomic E-state index is 12.6. The highest BCUT2D eigenvalue weighted by Gasteiger charge is 2.29. The third-order valence-electron chi connectivity index (χ3n) is 4.43. The zero-order valence-electron chi connectivity index (χ0n) is 14.9. The number of likely N-dealkylation sites (tertiary alicyclic amines) is 1. The van der Waals surface area contributed by atoms with Gasteiger partial charge in [-0.2, -0.15) is 13.2 Å². The SMILES string of the molecule is CCCN1CCC(CNC(=NC)NCc2ccc(C(F)(F)F)cc2)C1. The summed E-state index contributed by atoms with van der Waals surface area (Å²) in [5.74, 6) is 1.28. The summed E-state index contributed by atoms with van der Waals surface area (Å²) in [6.07, 6.45) is -1.93. The van der Waals surface area contributed by atoms with Crippen molar-refractivity contribution in [3.8, 4) is 0 Å². The predicted molar refractivity (Wildman–Crippen MR) is 94.5 cm³/mol. The minimum absolute atomic E-state index is 0.435. The molecule has 0 aliphatic carbocycles. The lowest BCUT2D eigenvalue weighted by Gasteiger charge is -2.17. The van der Waals surface area contributed by atoms with Crippen molar-refractivity contribution >= 4 is 5.96 Å². The molecule has 1 heterocycles. The molecule has 1 fully saturated rings. The van der Waals surface area contributed by atoms with Crippen LogP contribution < -0.4 is 10.6 Å². The van der Waals surface area contributed by atoms with Crippen molar-refractivity contribution in [1.82, 2.24) is 15.5 Å². The lowest BCUT2D eigenvalue weighted by atomic mass is 10.1. The summed E-state index contributed by atoms with van der Waals surface area (Å²) in [5, 5.41) is 6.46. The summed E-state index contributed by atoms with van der Waals surface area (Å²) in [6.45, 7) is 6.89. The molecule has 7 heteroatoms. The topological polar surface area (TPSA) is 39.7 Å². The van der Waals surface area contributed by atoms with E-state index in [1.54, 1.807) is 7.05 Å². The van der Waals surface area contributed by atoms with Crippen LogP contribution in [0.5, 0.6) is 0 Å². The van der Waals surface area contributed by atoms with E-state index in [0.29, 0.717) is 18.4 Å². The van der Waals surface area contributed by atoms with Crippen LogP contribution in [0.2, 0.25) is 0 Å². The van der Waals surface area contributed by atoms with Crippen molar-refractivity contribution in [2.24, 2.45) is 10.9 Å². The van der Waals surface area contributed by atoms with Gasteiger partial charge in [-0.25, -0.2) is 0 Å². The van der Waals surface area contributed by atoms with Crippen LogP contribution in [-0.2, 0) is 12.7 Å². The van der Waals surface area contributed by atoms with Crippen LogP contribution in [0.15, 0.2) is 29.3 Å². The van der Waals surface area contributed by atoms with E-state index in [1.807, 2.05) is 0 Å². The van der Waals surface area contributed by atoms with Crippen molar-refractivity contribution < 1.29 is 13.2 Å². The Morgan fingerprint density at radius 2 is 1.96 bits per heavy atom. The van der Waals surface area contributed by atoms with Crippen LogP contribution in [-0.4, -0.2) is 44.1 Å². The Labute approximate surface area is 147 Å². The third-order valence-corrected chi connectivity index (χ3v) is 4.43. The Kier molecular flexibility index (Phi) is 7.11. The van der Waals surface area contributed by atoms with Gasteiger partial charge in [0.2, 0.25) is 0 Å². The molecule has 2 rings (SSSR count). The van der Waals surface area contributed by atoms with Gasteiger partial charge in [-0.1, -0.05) is 19.1 Å². The molecule has 0 radical (unpaired) electrons. The van der Waals surface area contributed by atoms with Gasteiger partial charge in [0, 0.05) is 26.7 Å². The van der Waals surface area contributed by atoms with Crippen molar-refractivity contribution in [2.45, 2.75) is 32.5 Å². The summed E-state index contributed by atoms with van der Waals surface area (Å²) >= 11 is 0. The van der Waals surface area contributed by atoms with Gasteiger partial charge < -0.3 is 15.5 Å². The van der Waals surface area contributed by atoms with Crippen LogP contribution in [0.4, 0.5) is 13.2 Å². The second-order valence-corrected chi connectivity index (χ2v) is 6.46. The van der Waals surface area contributed by atoms with Crippen LogP contribution in [0, 0.1) is 5.92 Å². The molecule has 0 saturated carbocycles. The van der Waals surface area contributed by atoms with E-state index in [-0.39, 0.29) is 0 Å². The molecule has 1 aromatic rings. The van der Waals surface area contributed by atoms with Crippen LogP contribution >= 0.6 is 0 Å². The molecule has 0 aromatic heterocycles. The molecule has 0 spiro atoms. The molecule has 1 aliphatic rings. The van der Waals surface area contributed by atoms with E-state index >= 15 is 0 Å². The van der Waals surface area contributed by atoms with Crippen molar-refractivity contribution in [3.63, 3.8) is 0 Å². The highest BCUT2D eigenvalue weighted by Crippen LogP contribution is 2.29. The van der Waals surface area contributed by atoms with Crippen molar-refractivity contribution in [3.05, 3.63) is 35.4 Å². The van der Waals surface area contributed by atoms with Crippen molar-refractivity contribution in [2.75, 3.05) is 33.2 Å². The molecule has 2 N–H and O–H groups in total. The fourth-order valence-electron chi connectivity index (χ4n) is 3.06. The second kappa shape index (κ2) is 9.08. The average Bonchev–Trinajstić information content (AvgIpc) is 3.02. The van der Waals surface area contributed by atoms with Gasteiger partial charge in [0.05, 0.1) is 5.56 Å². The molecule has 1 aliphatic heterocycles. The normalized spacial score (nSPS) is 19.2. The number of benzene rings is 1. The Balaban J connectivity index is 1.75. The molecular weight excluding hydrogens is 329 g/mol. The summed E-state index contributed by atoms with van der Waals surface area (Å²) in [4.78, 5) is 6.65. The summed E-state index contributed by atoms with van der Waals surface area (Å²) < 4.78 is 37.7. The number of halogens is 3. The molecule has 25 heavy (non-hydrogen) atoms. The molecule has 0 bridgehead atoms. The molecule has 1 aromatic carbocycles. The van der Waals surface area contributed by atoms with Gasteiger partial charge in [-0.15, -0.1) is 0 Å². The highest BCUT2D eigenvalue weighted by molar-refractivity contribution is 5.79. The Morgan fingerprint density at radius 1 is 1.24 bits per heavy atom. The summed E-state index contributed by atoms with van der Waals surface area (Å²) in [6, 6.07) is 5.19. The van der Waals surface area contributed by atoms with Crippen LogP contribution in [0.1, 0.15) is 30.9 Å². The fraction of sp³-hybridized carbons (Fsp3) is 0.611. The number of aliphatic imine (C=N–C) groups is 1. The average molecular weight is 356 g/mol. The zero-order valence-corrected chi connectivity index (χ0v) is 14.9. The smallest absolute Gasteiger partial charge is 0.356 e. The minimum Gasteiger partial charge on any atom is -0.356 e. The van der Waals surface area contributed by atoms with E-state index < -0.39 is 11.7 Å². The second-order valence-electron chi connectivity index (χ2n) is 6.46. The monoisotopic (exact) mass is 356 g/mol. The van der Waals surface area contributed by atoms with E-state index in [4.69, 9.17) is 0 Å². The Hall–Kier alpha value is -1.76. The standard InChI is InChI=1S/C18H27F3N4/c1-3-9-25-10-8-15(13-25)12-24-17(22-2)23-11-14-4-6-16(7-5-14)18(19,20)21/h4-7,15H,3,8-13H2,1-2H3,(H2,22,23,24). The number of hydrogen-bond acceptors (Lipinski definition) is 2. The Morgan fingerprint density at radius 3 is 2.56 bits per heavy atom. The maximum atomic E-state index is 12.6. The fourth-order valence-corrected chi connectivity index (χ4v) is 3.06. The largest absolute Gasteiger partial charge is 0.416 e. The first kappa shape index (κ1) is 19.6. The Bertz CT molecular complexity index is 554. The maximum Gasteiger partial charge on any atom is 0.416 e. The van der Waals surface area contributed by atoms with Gasteiger partial charge in [0.15, 0.2) is 5.96 Å². The van der Waals surface area contributed by atoms with E-state index in [9.17, 15) is 13.2 Å². The first-order chi connectivity index (χ1) is 11.9. The van der Waals surface area contributed by atoms with E-state index in [1.165, 1.54) is 25.0 Å². The van der Waals surface area contributed by atoms with Gasteiger partial charge in [-0.05, 0) is 49.5 Å². The number of nitrogens with one attached hydrogen (secondary N) is 2. The minimum atomic E-state index is -4.30. The number of nitrogens with zero attached hydrogens (tertiary/aromatic N) is 2. The molecule has 140 valence electrons. The zero-order chi connectivity index (χ0) is 18.3. The van der Waals surface area contributed by atoms with E-state index in [2.05, 4.69) is 27.4 Å². The molecule has 1 unspecified atom stereocenters. The predicted octanol–water partition coefficient (Wildman–Crippen LogP) is 3.10. The van der Waals surface area contributed by atoms with Crippen LogP contribution in [0.3, 0.4) is 0 Å². The molecule has 0 amide bonds.